The zero-order chi connectivity index (χ0) is 16.1. The first-order chi connectivity index (χ1) is 10.3. The number of rotatable bonds is 4. The average Bonchev–Trinajstić information content (AvgIpc) is 2.60. The molecule has 4 nitrogen and oxygen atoms in total. The smallest absolute Gasteiger partial charge is 0.123 e. The Balaban J connectivity index is 0.000000921. The number of hydrogen-bond acceptors (Lipinski definition) is 4. The average molecular weight is 300 g/mol. The molecule has 0 aromatic heterocycles. The number of carbonyl (C=O) groups is 1. The van der Waals surface area contributed by atoms with Gasteiger partial charge in [-0.1, -0.05) is 34.6 Å². The normalized spacial score (nSPS) is 21.8. The SMILES string of the molecule is CC.CC.CCN1CCN(CN2CCC(C=O)CC2)CC1. The molecule has 0 N–H and O–H groups in total. The molecule has 0 aliphatic carbocycles. The molecule has 0 bridgehead atoms. The van der Waals surface area contributed by atoms with E-state index in [2.05, 4.69) is 21.6 Å². The van der Waals surface area contributed by atoms with E-state index in [0.29, 0.717) is 5.92 Å². The molecule has 0 atom stereocenters. The number of piperidine rings is 1. The first-order valence-electron chi connectivity index (χ1n) is 8.94. The van der Waals surface area contributed by atoms with Crippen LogP contribution >= 0.6 is 0 Å². The van der Waals surface area contributed by atoms with E-state index in [0.717, 1.165) is 38.9 Å². The summed E-state index contributed by atoms with van der Waals surface area (Å²) in [5.41, 5.74) is 0. The minimum absolute atomic E-state index is 0.322. The van der Waals surface area contributed by atoms with Crippen molar-refractivity contribution in [1.29, 1.82) is 0 Å². The number of piperazine rings is 1. The largest absolute Gasteiger partial charge is 0.303 e. The third-order valence-corrected chi connectivity index (χ3v) is 4.14. The summed E-state index contributed by atoms with van der Waals surface area (Å²) in [6.45, 7) is 19.5. The second-order valence-corrected chi connectivity index (χ2v) is 5.29. The second-order valence-electron chi connectivity index (χ2n) is 5.29. The predicted molar refractivity (Wildman–Crippen MR) is 91.6 cm³/mol. The van der Waals surface area contributed by atoms with E-state index in [-0.39, 0.29) is 0 Å². The van der Waals surface area contributed by atoms with Gasteiger partial charge in [0.2, 0.25) is 0 Å². The van der Waals surface area contributed by atoms with Gasteiger partial charge in [-0.25, -0.2) is 0 Å². The molecule has 0 aromatic carbocycles. The first kappa shape index (κ1) is 20.6. The third kappa shape index (κ3) is 7.93. The quantitative estimate of drug-likeness (QED) is 0.746. The summed E-state index contributed by atoms with van der Waals surface area (Å²) in [5.74, 6) is 0.322. The number of likely N-dealkylation sites (tertiary alicyclic amines) is 1. The molecule has 21 heavy (non-hydrogen) atoms. The summed E-state index contributed by atoms with van der Waals surface area (Å²) in [4.78, 5) is 18.3. The van der Waals surface area contributed by atoms with Crippen LogP contribution in [0.25, 0.3) is 0 Å². The zero-order valence-corrected chi connectivity index (χ0v) is 15.0. The second kappa shape index (κ2) is 13.2. The van der Waals surface area contributed by atoms with Crippen LogP contribution in [0.4, 0.5) is 0 Å². The Hall–Kier alpha value is -0.450. The van der Waals surface area contributed by atoms with E-state index in [1.807, 2.05) is 27.7 Å². The fourth-order valence-corrected chi connectivity index (χ4v) is 2.76. The van der Waals surface area contributed by atoms with E-state index in [9.17, 15) is 4.79 Å². The molecule has 0 radical (unpaired) electrons. The van der Waals surface area contributed by atoms with Crippen molar-refractivity contribution in [3.05, 3.63) is 0 Å². The highest BCUT2D eigenvalue weighted by Gasteiger charge is 2.22. The molecular weight excluding hydrogens is 262 g/mol. The summed E-state index contributed by atoms with van der Waals surface area (Å²) in [7, 11) is 0. The number of nitrogens with zero attached hydrogens (tertiary/aromatic N) is 3. The maximum absolute atomic E-state index is 10.7. The van der Waals surface area contributed by atoms with Gasteiger partial charge in [-0.05, 0) is 19.4 Å². The Kier molecular flexibility index (Phi) is 12.9. The lowest BCUT2D eigenvalue weighted by molar-refractivity contribution is -0.112. The number of carbonyl (C=O) groups excluding carboxylic acids is 1. The topological polar surface area (TPSA) is 26.8 Å². The van der Waals surface area contributed by atoms with Gasteiger partial charge in [-0.15, -0.1) is 0 Å². The van der Waals surface area contributed by atoms with Crippen LogP contribution in [0, 0.1) is 5.92 Å². The van der Waals surface area contributed by atoms with Crippen molar-refractivity contribution in [2.24, 2.45) is 5.92 Å². The molecule has 2 aliphatic rings. The van der Waals surface area contributed by atoms with E-state index in [4.69, 9.17) is 0 Å². The van der Waals surface area contributed by atoms with Gasteiger partial charge < -0.3 is 9.69 Å². The van der Waals surface area contributed by atoms with Crippen LogP contribution in [0.15, 0.2) is 0 Å². The maximum atomic E-state index is 10.7. The molecule has 2 heterocycles. The van der Waals surface area contributed by atoms with Crippen LogP contribution in [-0.2, 0) is 4.79 Å². The molecule has 2 aliphatic heterocycles. The van der Waals surface area contributed by atoms with Crippen molar-refractivity contribution in [2.45, 2.75) is 47.5 Å². The highest BCUT2D eigenvalue weighted by atomic mass is 16.1. The lowest BCUT2D eigenvalue weighted by Gasteiger charge is -2.38. The van der Waals surface area contributed by atoms with Crippen molar-refractivity contribution in [3.63, 3.8) is 0 Å². The van der Waals surface area contributed by atoms with E-state index in [1.165, 1.54) is 32.7 Å². The minimum Gasteiger partial charge on any atom is -0.303 e. The van der Waals surface area contributed by atoms with Gasteiger partial charge in [0.15, 0.2) is 0 Å². The van der Waals surface area contributed by atoms with Crippen LogP contribution in [0.1, 0.15) is 47.5 Å². The highest BCUT2D eigenvalue weighted by molar-refractivity contribution is 5.53. The fraction of sp³-hybridized carbons (Fsp3) is 0.941. The Morgan fingerprint density at radius 3 is 1.67 bits per heavy atom. The van der Waals surface area contributed by atoms with Crippen molar-refractivity contribution >= 4 is 6.29 Å². The summed E-state index contributed by atoms with van der Waals surface area (Å²) in [6.07, 6.45) is 3.24. The standard InChI is InChI=1S/C13H25N3O.2C2H6/c1-2-14-7-9-16(10-8-14)12-15-5-3-13(11-17)4-6-15;2*1-2/h11,13H,2-10,12H2,1H3;2*1-2H3. The van der Waals surface area contributed by atoms with Gasteiger partial charge in [0.25, 0.3) is 0 Å². The Bertz CT molecular complexity index is 232. The van der Waals surface area contributed by atoms with Crippen LogP contribution in [0.3, 0.4) is 0 Å². The number of hydrogen-bond donors (Lipinski definition) is 0. The van der Waals surface area contributed by atoms with Crippen LogP contribution in [0.2, 0.25) is 0 Å². The van der Waals surface area contributed by atoms with Crippen molar-refractivity contribution < 1.29 is 4.79 Å². The molecule has 0 amide bonds. The van der Waals surface area contributed by atoms with Crippen LogP contribution < -0.4 is 0 Å². The highest BCUT2D eigenvalue weighted by Crippen LogP contribution is 2.15. The predicted octanol–water partition coefficient (Wildman–Crippen LogP) is 2.54. The van der Waals surface area contributed by atoms with Gasteiger partial charge in [0.1, 0.15) is 6.29 Å². The molecule has 0 spiro atoms. The molecule has 2 saturated heterocycles. The summed E-state index contributed by atoms with van der Waals surface area (Å²) in [5, 5.41) is 0. The molecule has 4 heteroatoms. The van der Waals surface area contributed by atoms with E-state index < -0.39 is 0 Å². The van der Waals surface area contributed by atoms with Crippen LogP contribution in [-0.4, -0.2) is 73.5 Å². The van der Waals surface area contributed by atoms with Gasteiger partial charge >= 0.3 is 0 Å². The molecule has 0 saturated carbocycles. The molecule has 2 fully saturated rings. The Morgan fingerprint density at radius 2 is 1.24 bits per heavy atom. The zero-order valence-electron chi connectivity index (χ0n) is 15.0. The minimum atomic E-state index is 0.322. The molecule has 126 valence electrons. The fourth-order valence-electron chi connectivity index (χ4n) is 2.76. The lowest BCUT2D eigenvalue weighted by atomic mass is 9.99. The van der Waals surface area contributed by atoms with Crippen molar-refractivity contribution in [3.8, 4) is 0 Å². The van der Waals surface area contributed by atoms with Crippen molar-refractivity contribution in [1.82, 2.24) is 14.7 Å². The third-order valence-electron chi connectivity index (χ3n) is 4.14. The van der Waals surface area contributed by atoms with Gasteiger partial charge in [0.05, 0.1) is 6.67 Å². The Labute approximate surface area is 132 Å². The van der Waals surface area contributed by atoms with Crippen LogP contribution in [0.5, 0.6) is 0 Å². The Morgan fingerprint density at radius 1 is 0.810 bits per heavy atom. The van der Waals surface area contributed by atoms with Crippen molar-refractivity contribution in [2.75, 3.05) is 52.5 Å². The number of likely N-dealkylation sites (N-methyl/N-ethyl adjacent to an activating group) is 1. The summed E-state index contributed by atoms with van der Waals surface area (Å²) >= 11 is 0. The summed E-state index contributed by atoms with van der Waals surface area (Å²) < 4.78 is 0. The van der Waals surface area contributed by atoms with E-state index in [1.54, 1.807) is 0 Å². The molecule has 0 unspecified atom stereocenters. The summed E-state index contributed by atoms with van der Waals surface area (Å²) in [6, 6.07) is 0. The monoisotopic (exact) mass is 299 g/mol. The maximum Gasteiger partial charge on any atom is 0.123 e. The van der Waals surface area contributed by atoms with Gasteiger partial charge in [-0.2, -0.15) is 0 Å². The van der Waals surface area contributed by atoms with Gasteiger partial charge in [0, 0.05) is 45.2 Å². The molecule has 0 aromatic rings. The van der Waals surface area contributed by atoms with E-state index >= 15 is 0 Å². The number of aldehydes is 1. The van der Waals surface area contributed by atoms with Gasteiger partial charge in [-0.3, -0.25) is 9.80 Å². The lowest BCUT2D eigenvalue weighted by Crippen LogP contribution is -2.51. The molecular formula is C17H37N3O. The molecule has 2 rings (SSSR count). The first-order valence-corrected chi connectivity index (χ1v) is 8.94.